The Morgan fingerprint density at radius 1 is 1.00 bits per heavy atom. The van der Waals surface area contributed by atoms with E-state index in [-0.39, 0.29) is 11.5 Å². The highest BCUT2D eigenvalue weighted by atomic mass is 35.5. The van der Waals surface area contributed by atoms with Crippen molar-refractivity contribution in [1.29, 1.82) is 0 Å². The Labute approximate surface area is 224 Å². The van der Waals surface area contributed by atoms with Crippen LogP contribution in [0, 0.1) is 0 Å². The summed E-state index contributed by atoms with van der Waals surface area (Å²) in [5.74, 6) is -0.253. The molecule has 1 atom stereocenters. The van der Waals surface area contributed by atoms with Crippen LogP contribution in [0.5, 0.6) is 0 Å². The van der Waals surface area contributed by atoms with Gasteiger partial charge in [-0.15, -0.1) is 11.3 Å². The third-order valence-corrected chi connectivity index (χ3v) is 7.91. The molecule has 5 aromatic rings. The van der Waals surface area contributed by atoms with E-state index in [9.17, 15) is 9.59 Å². The smallest absolute Gasteiger partial charge is 0.266 e. The predicted octanol–water partition coefficient (Wildman–Crippen LogP) is 6.94. The number of hydrogen-bond acceptors (Lipinski definition) is 6. The number of thiazole rings is 1. The Balaban J connectivity index is 1.40. The van der Waals surface area contributed by atoms with Gasteiger partial charge in [0.2, 0.25) is 5.91 Å². The first-order valence-corrected chi connectivity index (χ1v) is 13.4. The molecule has 0 saturated heterocycles. The molecule has 0 radical (unpaired) electrons. The molecule has 180 valence electrons. The molecule has 0 aliphatic carbocycles. The van der Waals surface area contributed by atoms with Gasteiger partial charge in [0.05, 0.1) is 37.6 Å². The minimum Gasteiger partial charge on any atom is -0.301 e. The summed E-state index contributed by atoms with van der Waals surface area (Å²) in [7, 11) is 0. The maximum atomic E-state index is 13.4. The Bertz CT molecular complexity index is 1640. The molecule has 36 heavy (non-hydrogen) atoms. The maximum Gasteiger partial charge on any atom is 0.266 e. The number of halogens is 2. The summed E-state index contributed by atoms with van der Waals surface area (Å²) in [6.45, 7) is 1.77. The molecule has 2 heterocycles. The van der Waals surface area contributed by atoms with Crippen LogP contribution in [-0.2, 0) is 4.79 Å². The zero-order valence-electron chi connectivity index (χ0n) is 18.8. The Morgan fingerprint density at radius 2 is 1.75 bits per heavy atom. The number of carbonyl (C=O) groups excluding carboxylic acids is 1. The summed E-state index contributed by atoms with van der Waals surface area (Å²) in [6.07, 6.45) is 0. The van der Waals surface area contributed by atoms with Crippen molar-refractivity contribution in [3.8, 4) is 16.9 Å². The Kier molecular flexibility index (Phi) is 7.11. The molecule has 6 nitrogen and oxygen atoms in total. The number of para-hydroxylation sites is 2. The van der Waals surface area contributed by atoms with Gasteiger partial charge in [-0.2, -0.15) is 0 Å². The van der Waals surface area contributed by atoms with Crippen molar-refractivity contribution in [3.05, 3.63) is 98.6 Å². The molecule has 2 aromatic heterocycles. The number of aromatic nitrogens is 3. The molecule has 0 aliphatic heterocycles. The number of benzene rings is 3. The van der Waals surface area contributed by atoms with E-state index < -0.39 is 5.25 Å². The monoisotopic (exact) mass is 552 g/mol. The second kappa shape index (κ2) is 10.4. The summed E-state index contributed by atoms with van der Waals surface area (Å²) < 4.78 is 1.54. The predicted molar refractivity (Wildman–Crippen MR) is 149 cm³/mol. The molecule has 1 N–H and O–H groups in total. The van der Waals surface area contributed by atoms with E-state index in [0.29, 0.717) is 42.6 Å². The van der Waals surface area contributed by atoms with Crippen molar-refractivity contribution in [2.45, 2.75) is 17.3 Å². The molecule has 3 aromatic carbocycles. The average Bonchev–Trinajstić information content (AvgIpc) is 3.35. The fourth-order valence-corrected chi connectivity index (χ4v) is 5.48. The number of hydrogen-bond donors (Lipinski definition) is 1. The van der Waals surface area contributed by atoms with Crippen LogP contribution >= 0.6 is 46.3 Å². The molecule has 0 aliphatic rings. The molecule has 0 bridgehead atoms. The van der Waals surface area contributed by atoms with Crippen LogP contribution in [0.4, 0.5) is 5.13 Å². The molecular weight excluding hydrogens is 535 g/mol. The van der Waals surface area contributed by atoms with Crippen molar-refractivity contribution in [1.82, 2.24) is 14.5 Å². The number of rotatable bonds is 6. The number of carbonyl (C=O) groups is 1. The van der Waals surface area contributed by atoms with Crippen LogP contribution in [-0.4, -0.2) is 25.7 Å². The fraction of sp³-hybridized carbons (Fsp3) is 0.0769. The lowest BCUT2D eigenvalue weighted by Crippen LogP contribution is -2.26. The van der Waals surface area contributed by atoms with Gasteiger partial charge in [-0.1, -0.05) is 71.4 Å². The molecule has 10 heteroatoms. The van der Waals surface area contributed by atoms with Crippen molar-refractivity contribution in [2.75, 3.05) is 5.32 Å². The first-order chi connectivity index (χ1) is 17.4. The maximum absolute atomic E-state index is 13.4. The molecule has 0 saturated carbocycles. The second-order valence-electron chi connectivity index (χ2n) is 7.80. The SMILES string of the molecule is CC(Sc1nc2ccccc2c(=O)n1-c1ccccc1)C(=O)Nc1nc(-c2ccc(Cl)c(Cl)c2)cs1. The lowest BCUT2D eigenvalue weighted by atomic mass is 10.2. The van der Waals surface area contributed by atoms with Crippen LogP contribution in [0.1, 0.15) is 6.92 Å². The third-order valence-electron chi connectivity index (χ3n) is 5.36. The van der Waals surface area contributed by atoms with E-state index in [4.69, 9.17) is 28.2 Å². The highest BCUT2D eigenvalue weighted by molar-refractivity contribution is 8.00. The first-order valence-electron chi connectivity index (χ1n) is 10.9. The zero-order valence-corrected chi connectivity index (χ0v) is 22.0. The quantitative estimate of drug-likeness (QED) is 0.182. The minimum atomic E-state index is -0.551. The topological polar surface area (TPSA) is 76.9 Å². The van der Waals surface area contributed by atoms with Gasteiger partial charge in [0.15, 0.2) is 10.3 Å². The van der Waals surface area contributed by atoms with Gasteiger partial charge in [-0.25, -0.2) is 9.97 Å². The normalized spacial score (nSPS) is 12.0. The van der Waals surface area contributed by atoms with E-state index in [1.807, 2.05) is 53.9 Å². The molecule has 1 unspecified atom stereocenters. The van der Waals surface area contributed by atoms with Gasteiger partial charge >= 0.3 is 0 Å². The molecular formula is C26H18Cl2N4O2S2. The highest BCUT2D eigenvalue weighted by Crippen LogP contribution is 2.31. The first kappa shape index (κ1) is 24.5. The van der Waals surface area contributed by atoms with E-state index in [1.165, 1.54) is 23.1 Å². The van der Waals surface area contributed by atoms with Crippen molar-refractivity contribution in [2.24, 2.45) is 0 Å². The zero-order chi connectivity index (χ0) is 25.2. The van der Waals surface area contributed by atoms with Crippen LogP contribution < -0.4 is 10.9 Å². The fourth-order valence-electron chi connectivity index (χ4n) is 3.53. The standard InChI is InChI=1S/C26H18Cl2N4O2S2/c1-15(23(33)31-25-29-22(14-35-25)16-11-12-19(27)20(28)13-16)36-26-30-21-10-6-5-9-18(21)24(34)32(26)17-7-3-2-4-8-17/h2-15H,1H3,(H,29,31,33). The van der Waals surface area contributed by atoms with Crippen molar-refractivity contribution in [3.63, 3.8) is 0 Å². The molecule has 1 amide bonds. The van der Waals surface area contributed by atoms with E-state index in [2.05, 4.69) is 10.3 Å². The number of fused-ring (bicyclic) bond motifs is 1. The number of nitrogens with zero attached hydrogens (tertiary/aromatic N) is 3. The highest BCUT2D eigenvalue weighted by Gasteiger charge is 2.21. The second-order valence-corrected chi connectivity index (χ2v) is 10.8. The van der Waals surface area contributed by atoms with Gasteiger partial charge in [-0.3, -0.25) is 14.2 Å². The summed E-state index contributed by atoms with van der Waals surface area (Å²) in [5.41, 5.74) is 2.56. The van der Waals surface area contributed by atoms with E-state index >= 15 is 0 Å². The lowest BCUT2D eigenvalue weighted by Gasteiger charge is -2.16. The summed E-state index contributed by atoms with van der Waals surface area (Å²) >= 11 is 14.6. The van der Waals surface area contributed by atoms with Gasteiger partial charge in [0, 0.05) is 10.9 Å². The van der Waals surface area contributed by atoms with Crippen molar-refractivity contribution < 1.29 is 4.79 Å². The Morgan fingerprint density at radius 3 is 2.53 bits per heavy atom. The molecule has 0 fully saturated rings. The van der Waals surface area contributed by atoms with Crippen LogP contribution in [0.15, 0.2) is 88.1 Å². The van der Waals surface area contributed by atoms with Crippen LogP contribution in [0.3, 0.4) is 0 Å². The van der Waals surface area contributed by atoms with Crippen molar-refractivity contribution >= 4 is 68.2 Å². The van der Waals surface area contributed by atoms with Gasteiger partial charge in [0.25, 0.3) is 5.56 Å². The van der Waals surface area contributed by atoms with Crippen LogP contribution in [0.25, 0.3) is 27.8 Å². The lowest BCUT2D eigenvalue weighted by molar-refractivity contribution is -0.115. The van der Waals surface area contributed by atoms with Crippen LogP contribution in [0.2, 0.25) is 10.0 Å². The summed E-state index contributed by atoms with van der Waals surface area (Å²) in [5, 5.41) is 6.46. The minimum absolute atomic E-state index is 0.187. The average molecular weight is 553 g/mol. The number of nitrogens with one attached hydrogen (secondary N) is 1. The summed E-state index contributed by atoms with van der Waals surface area (Å²) in [6, 6.07) is 21.7. The largest absolute Gasteiger partial charge is 0.301 e. The van der Waals surface area contributed by atoms with E-state index in [0.717, 1.165) is 5.56 Å². The van der Waals surface area contributed by atoms with E-state index in [1.54, 1.807) is 35.8 Å². The Hall–Kier alpha value is -3.17. The number of thioether (sulfide) groups is 1. The van der Waals surface area contributed by atoms with Gasteiger partial charge in [0.1, 0.15) is 0 Å². The number of amides is 1. The molecule has 0 spiro atoms. The number of anilines is 1. The third kappa shape index (κ3) is 5.03. The van der Waals surface area contributed by atoms with Gasteiger partial charge < -0.3 is 5.32 Å². The summed E-state index contributed by atoms with van der Waals surface area (Å²) in [4.78, 5) is 35.6. The molecule has 5 rings (SSSR count). The van der Waals surface area contributed by atoms with Gasteiger partial charge in [-0.05, 0) is 43.3 Å².